The summed E-state index contributed by atoms with van der Waals surface area (Å²) in [7, 11) is 0. The number of rotatable bonds is 3. The average molecular weight is 324 g/mol. The van der Waals surface area contributed by atoms with Gasteiger partial charge in [0, 0.05) is 23.4 Å². The van der Waals surface area contributed by atoms with Crippen molar-refractivity contribution >= 4 is 21.8 Å². The fourth-order valence-corrected chi connectivity index (χ4v) is 3.59. The summed E-state index contributed by atoms with van der Waals surface area (Å²) < 4.78 is 1.13. The molecule has 1 N–H and O–H groups in total. The zero-order valence-electron chi connectivity index (χ0n) is 11.8. The predicted octanol–water partition coefficient (Wildman–Crippen LogP) is 4.10. The van der Waals surface area contributed by atoms with Gasteiger partial charge in [0.1, 0.15) is 0 Å². The number of amides is 1. The normalized spacial score (nSPS) is 18.1. The van der Waals surface area contributed by atoms with Crippen molar-refractivity contribution in [3.8, 4) is 0 Å². The molecule has 0 atom stereocenters. The second-order valence-corrected chi connectivity index (χ2v) is 6.63. The quantitative estimate of drug-likeness (QED) is 0.891. The number of benzene rings is 1. The van der Waals surface area contributed by atoms with E-state index in [2.05, 4.69) is 46.4 Å². The lowest BCUT2D eigenvalue weighted by Crippen LogP contribution is -2.42. The van der Waals surface area contributed by atoms with E-state index in [4.69, 9.17) is 0 Å². The van der Waals surface area contributed by atoms with Crippen molar-refractivity contribution < 1.29 is 4.79 Å². The van der Waals surface area contributed by atoms with E-state index in [1.807, 2.05) is 0 Å². The Morgan fingerprint density at radius 1 is 1.32 bits per heavy atom. The summed E-state index contributed by atoms with van der Waals surface area (Å²) in [4.78, 5) is 11.3. The standard InChI is InChI=1S/C16H22BrNO/c1-12-6-7-14(17)10-15(12)16(11-18-13(2)19)8-4-3-5-9-16/h6-7,10H,3-5,8-9,11H2,1-2H3,(H,18,19). The van der Waals surface area contributed by atoms with Gasteiger partial charge in [0.05, 0.1) is 0 Å². The van der Waals surface area contributed by atoms with Crippen LogP contribution in [0.15, 0.2) is 22.7 Å². The monoisotopic (exact) mass is 323 g/mol. The zero-order valence-corrected chi connectivity index (χ0v) is 13.3. The van der Waals surface area contributed by atoms with Crippen LogP contribution in [0.5, 0.6) is 0 Å². The Bertz CT molecular complexity index is 464. The van der Waals surface area contributed by atoms with Gasteiger partial charge >= 0.3 is 0 Å². The Hall–Kier alpha value is -0.830. The minimum atomic E-state index is 0.0672. The number of aryl methyl sites for hydroxylation is 1. The lowest BCUT2D eigenvalue weighted by Gasteiger charge is -2.39. The highest BCUT2D eigenvalue weighted by atomic mass is 79.9. The lowest BCUT2D eigenvalue weighted by molar-refractivity contribution is -0.119. The fraction of sp³-hybridized carbons (Fsp3) is 0.562. The molecule has 0 heterocycles. The number of hydrogen-bond donors (Lipinski definition) is 1. The van der Waals surface area contributed by atoms with Crippen molar-refractivity contribution in [1.29, 1.82) is 0 Å². The van der Waals surface area contributed by atoms with E-state index in [9.17, 15) is 4.79 Å². The zero-order chi connectivity index (χ0) is 13.9. The van der Waals surface area contributed by atoms with E-state index in [-0.39, 0.29) is 11.3 Å². The lowest BCUT2D eigenvalue weighted by atomic mass is 9.68. The van der Waals surface area contributed by atoms with Gasteiger partial charge in [-0.15, -0.1) is 0 Å². The Balaban J connectivity index is 2.35. The van der Waals surface area contributed by atoms with Crippen LogP contribution < -0.4 is 5.32 Å². The van der Waals surface area contributed by atoms with Gasteiger partial charge in [0.2, 0.25) is 5.91 Å². The largest absolute Gasteiger partial charge is 0.355 e. The van der Waals surface area contributed by atoms with Crippen molar-refractivity contribution in [3.05, 3.63) is 33.8 Å². The van der Waals surface area contributed by atoms with Crippen LogP contribution in [0.2, 0.25) is 0 Å². The molecular formula is C16H22BrNO. The predicted molar refractivity (Wildman–Crippen MR) is 82.3 cm³/mol. The van der Waals surface area contributed by atoms with Crippen LogP contribution in [0.4, 0.5) is 0 Å². The first-order chi connectivity index (χ1) is 9.03. The summed E-state index contributed by atoms with van der Waals surface area (Å²) in [5, 5.41) is 3.05. The van der Waals surface area contributed by atoms with Crippen molar-refractivity contribution in [2.75, 3.05) is 6.54 Å². The molecule has 2 rings (SSSR count). The average Bonchev–Trinajstić information content (AvgIpc) is 2.40. The number of nitrogens with one attached hydrogen (secondary N) is 1. The molecule has 1 saturated carbocycles. The molecule has 1 aliphatic rings. The van der Waals surface area contributed by atoms with E-state index in [1.54, 1.807) is 6.92 Å². The van der Waals surface area contributed by atoms with Crippen LogP contribution in [0.1, 0.15) is 50.2 Å². The summed E-state index contributed by atoms with van der Waals surface area (Å²) in [6.45, 7) is 4.54. The molecule has 1 aromatic carbocycles. The smallest absolute Gasteiger partial charge is 0.216 e. The molecule has 3 heteroatoms. The summed E-state index contributed by atoms with van der Waals surface area (Å²) >= 11 is 3.58. The Kier molecular flexibility index (Phi) is 4.67. The minimum Gasteiger partial charge on any atom is -0.355 e. The van der Waals surface area contributed by atoms with E-state index in [0.717, 1.165) is 11.0 Å². The molecule has 0 aliphatic heterocycles. The fourth-order valence-electron chi connectivity index (χ4n) is 3.23. The first-order valence-electron chi connectivity index (χ1n) is 7.05. The van der Waals surface area contributed by atoms with Crippen molar-refractivity contribution in [3.63, 3.8) is 0 Å². The third-order valence-electron chi connectivity index (χ3n) is 4.26. The van der Waals surface area contributed by atoms with Crippen LogP contribution in [-0.2, 0) is 10.2 Å². The molecule has 0 unspecified atom stereocenters. The molecule has 104 valence electrons. The maximum absolute atomic E-state index is 11.3. The molecule has 2 nitrogen and oxygen atoms in total. The van der Waals surface area contributed by atoms with E-state index < -0.39 is 0 Å². The summed E-state index contributed by atoms with van der Waals surface area (Å²) in [5.74, 6) is 0.0672. The molecule has 0 aromatic heterocycles. The number of halogens is 1. The van der Waals surface area contributed by atoms with Gasteiger partial charge in [0.15, 0.2) is 0 Å². The van der Waals surface area contributed by atoms with Gasteiger partial charge < -0.3 is 5.32 Å². The van der Waals surface area contributed by atoms with Crippen LogP contribution in [0.25, 0.3) is 0 Å². The molecule has 1 aromatic rings. The molecule has 1 amide bonds. The second-order valence-electron chi connectivity index (χ2n) is 5.71. The van der Waals surface area contributed by atoms with Gasteiger partial charge in [-0.25, -0.2) is 0 Å². The Labute approximate surface area is 124 Å². The minimum absolute atomic E-state index is 0.0672. The van der Waals surface area contributed by atoms with Crippen molar-refractivity contribution in [2.24, 2.45) is 0 Å². The number of carbonyl (C=O) groups is 1. The molecule has 0 saturated heterocycles. The molecule has 1 aliphatic carbocycles. The maximum atomic E-state index is 11.3. The van der Waals surface area contributed by atoms with Gasteiger partial charge in [-0.05, 0) is 43.0 Å². The van der Waals surface area contributed by atoms with Crippen LogP contribution in [0.3, 0.4) is 0 Å². The van der Waals surface area contributed by atoms with Crippen LogP contribution in [-0.4, -0.2) is 12.5 Å². The van der Waals surface area contributed by atoms with Crippen molar-refractivity contribution in [2.45, 2.75) is 51.4 Å². The molecule has 19 heavy (non-hydrogen) atoms. The SMILES string of the molecule is CC(=O)NCC1(c2cc(Br)ccc2C)CCCCC1. The van der Waals surface area contributed by atoms with Crippen LogP contribution >= 0.6 is 15.9 Å². The summed E-state index contributed by atoms with van der Waals surface area (Å²) in [6.07, 6.45) is 6.17. The molecular weight excluding hydrogens is 302 g/mol. The van der Waals surface area contributed by atoms with Gasteiger partial charge in [-0.1, -0.05) is 41.3 Å². The van der Waals surface area contributed by atoms with Gasteiger partial charge in [-0.3, -0.25) is 4.79 Å². The van der Waals surface area contributed by atoms with E-state index in [1.165, 1.54) is 43.2 Å². The second kappa shape index (κ2) is 6.08. The highest BCUT2D eigenvalue weighted by Crippen LogP contribution is 2.41. The molecule has 0 bridgehead atoms. The molecule has 0 radical (unpaired) electrons. The van der Waals surface area contributed by atoms with Gasteiger partial charge in [-0.2, -0.15) is 0 Å². The van der Waals surface area contributed by atoms with E-state index >= 15 is 0 Å². The number of hydrogen-bond acceptors (Lipinski definition) is 1. The number of carbonyl (C=O) groups excluding carboxylic acids is 1. The van der Waals surface area contributed by atoms with Gasteiger partial charge in [0.25, 0.3) is 0 Å². The Morgan fingerprint density at radius 3 is 2.63 bits per heavy atom. The summed E-state index contributed by atoms with van der Waals surface area (Å²) in [6, 6.07) is 6.50. The topological polar surface area (TPSA) is 29.1 Å². The van der Waals surface area contributed by atoms with Crippen molar-refractivity contribution in [1.82, 2.24) is 5.32 Å². The third-order valence-corrected chi connectivity index (χ3v) is 4.75. The highest BCUT2D eigenvalue weighted by molar-refractivity contribution is 9.10. The third kappa shape index (κ3) is 3.38. The Morgan fingerprint density at radius 2 is 2.00 bits per heavy atom. The first kappa shape index (κ1) is 14.6. The molecule has 1 fully saturated rings. The molecule has 0 spiro atoms. The van der Waals surface area contributed by atoms with Crippen LogP contribution in [0, 0.1) is 6.92 Å². The highest BCUT2D eigenvalue weighted by Gasteiger charge is 2.35. The summed E-state index contributed by atoms with van der Waals surface area (Å²) in [5.41, 5.74) is 2.85. The van der Waals surface area contributed by atoms with E-state index in [0.29, 0.717) is 0 Å². The first-order valence-corrected chi connectivity index (χ1v) is 7.84. The maximum Gasteiger partial charge on any atom is 0.216 e.